The summed E-state index contributed by atoms with van der Waals surface area (Å²) in [6, 6.07) is 27.6. The minimum atomic E-state index is -1.39. The van der Waals surface area contributed by atoms with Crippen molar-refractivity contribution in [1.29, 1.82) is 0 Å². The molecule has 0 bridgehead atoms. The Bertz CT molecular complexity index is 1930. The number of carbonyl (C=O) groups excluding carboxylic acids is 2. The highest BCUT2D eigenvalue weighted by molar-refractivity contribution is 5.89. The number of esters is 1. The molecule has 0 aliphatic rings. The number of fused-ring (bicyclic) bond motifs is 2. The molecule has 0 spiro atoms. The summed E-state index contributed by atoms with van der Waals surface area (Å²) in [5.74, 6) is -4.90. The number of oxazole rings is 1. The van der Waals surface area contributed by atoms with Crippen molar-refractivity contribution in [1.82, 2.24) is 9.88 Å². The first-order chi connectivity index (χ1) is 23.1. The van der Waals surface area contributed by atoms with E-state index in [4.69, 9.17) is 9.15 Å². The van der Waals surface area contributed by atoms with E-state index < -0.39 is 48.6 Å². The molecule has 0 aliphatic heterocycles. The van der Waals surface area contributed by atoms with Crippen molar-refractivity contribution < 1.29 is 38.5 Å². The summed E-state index contributed by atoms with van der Waals surface area (Å²) in [7, 11) is 1.31. The average Bonchev–Trinajstić information content (AvgIpc) is 3.51. The first-order valence-electron chi connectivity index (χ1n) is 15.5. The van der Waals surface area contributed by atoms with E-state index in [0.717, 1.165) is 27.4 Å². The van der Waals surface area contributed by atoms with E-state index >= 15 is 0 Å². The Balaban J connectivity index is 1.51. The van der Waals surface area contributed by atoms with Gasteiger partial charge in [0.25, 0.3) is 0 Å². The Kier molecular flexibility index (Phi) is 10.6. The predicted octanol–water partition coefficient (Wildman–Crippen LogP) is 6.94. The zero-order valence-corrected chi connectivity index (χ0v) is 26.6. The molecule has 4 aromatic carbocycles. The fourth-order valence-corrected chi connectivity index (χ4v) is 5.87. The number of aliphatic carboxylic acids is 2. The number of hydrogen-bond acceptors (Lipinski definition) is 7. The minimum Gasteiger partial charge on any atom is -0.481 e. The maximum Gasteiger partial charge on any atom is 0.337 e. The Labute approximate surface area is 277 Å². The molecule has 5 rings (SSSR count). The molecule has 246 valence electrons. The monoisotopic (exact) mass is 648 g/mol. The summed E-state index contributed by atoms with van der Waals surface area (Å²) in [6.07, 6.45) is 2.95. The maximum absolute atomic E-state index is 14.0. The van der Waals surface area contributed by atoms with Crippen molar-refractivity contribution in [2.24, 2.45) is 5.92 Å². The van der Waals surface area contributed by atoms with E-state index in [1.807, 2.05) is 91.9 Å². The molecule has 1 aromatic heterocycles. The van der Waals surface area contributed by atoms with Gasteiger partial charge in [-0.3, -0.25) is 14.4 Å². The van der Waals surface area contributed by atoms with Crippen LogP contribution in [0.5, 0.6) is 0 Å². The Morgan fingerprint density at radius 3 is 2.29 bits per heavy atom. The summed E-state index contributed by atoms with van der Waals surface area (Å²) in [4.78, 5) is 55.8. The van der Waals surface area contributed by atoms with Crippen LogP contribution in [0.3, 0.4) is 0 Å². The van der Waals surface area contributed by atoms with Crippen molar-refractivity contribution in [3.63, 3.8) is 0 Å². The molecule has 0 fully saturated rings. The van der Waals surface area contributed by atoms with Gasteiger partial charge in [0.1, 0.15) is 5.52 Å². The number of ether oxygens (including phenoxy) is 1. The van der Waals surface area contributed by atoms with Gasteiger partial charge in [-0.2, -0.15) is 0 Å². The third-order valence-corrected chi connectivity index (χ3v) is 8.47. The topological polar surface area (TPSA) is 147 Å². The summed E-state index contributed by atoms with van der Waals surface area (Å²) in [5.41, 5.74) is 3.41. The van der Waals surface area contributed by atoms with Crippen LogP contribution >= 0.6 is 0 Å². The van der Waals surface area contributed by atoms with E-state index in [-0.39, 0.29) is 12.5 Å². The summed E-state index contributed by atoms with van der Waals surface area (Å²) >= 11 is 0. The maximum atomic E-state index is 14.0. The fraction of sp³-hybridized carbons (Fsp3) is 0.237. The molecule has 0 radical (unpaired) electrons. The van der Waals surface area contributed by atoms with Gasteiger partial charge in [-0.1, -0.05) is 66.7 Å². The third-order valence-electron chi connectivity index (χ3n) is 8.47. The van der Waals surface area contributed by atoms with E-state index in [1.54, 1.807) is 23.1 Å². The molecular weight excluding hydrogens is 612 g/mol. The van der Waals surface area contributed by atoms with Gasteiger partial charge in [0.2, 0.25) is 11.8 Å². The van der Waals surface area contributed by atoms with Gasteiger partial charge in [0, 0.05) is 24.9 Å². The van der Waals surface area contributed by atoms with E-state index in [0.29, 0.717) is 23.5 Å². The number of carboxylic acid groups (broad SMARTS) is 2. The normalized spacial score (nSPS) is 13.3. The van der Waals surface area contributed by atoms with Crippen LogP contribution in [0.1, 0.15) is 59.5 Å². The molecule has 0 saturated heterocycles. The van der Waals surface area contributed by atoms with Crippen molar-refractivity contribution in [2.45, 2.75) is 44.7 Å². The predicted molar refractivity (Wildman–Crippen MR) is 180 cm³/mol. The molecule has 1 amide bonds. The molecule has 0 unspecified atom stereocenters. The lowest BCUT2D eigenvalue weighted by atomic mass is 9.87. The minimum absolute atomic E-state index is 0.163. The van der Waals surface area contributed by atoms with Crippen molar-refractivity contribution in [3.05, 3.63) is 120 Å². The van der Waals surface area contributed by atoms with Gasteiger partial charge in [-0.05, 0) is 71.7 Å². The van der Waals surface area contributed by atoms with Crippen molar-refractivity contribution in [2.75, 3.05) is 7.11 Å². The number of carboxylic acids is 2. The summed E-state index contributed by atoms with van der Waals surface area (Å²) in [6.45, 7) is 2.05. The van der Waals surface area contributed by atoms with Gasteiger partial charge in [0.05, 0.1) is 25.0 Å². The Morgan fingerprint density at radius 1 is 0.896 bits per heavy atom. The number of carbonyl (C=O) groups is 4. The Hall–Kier alpha value is -5.77. The smallest absolute Gasteiger partial charge is 0.337 e. The second-order valence-corrected chi connectivity index (χ2v) is 11.7. The number of aromatic nitrogens is 1. The quantitative estimate of drug-likeness (QED) is 0.122. The van der Waals surface area contributed by atoms with Gasteiger partial charge >= 0.3 is 17.9 Å². The number of hydrogen-bond donors (Lipinski definition) is 2. The average molecular weight is 649 g/mol. The Morgan fingerprint density at radius 2 is 1.60 bits per heavy atom. The second kappa shape index (κ2) is 15.2. The molecule has 2 N–H and O–H groups in total. The van der Waals surface area contributed by atoms with E-state index in [1.165, 1.54) is 7.11 Å². The zero-order valence-electron chi connectivity index (χ0n) is 26.6. The number of allylic oxidation sites excluding steroid dienone is 1. The highest BCUT2D eigenvalue weighted by atomic mass is 16.5. The third kappa shape index (κ3) is 8.14. The number of para-hydroxylation sites is 2. The van der Waals surface area contributed by atoms with Crippen LogP contribution in [0, 0.1) is 5.92 Å². The highest BCUT2D eigenvalue weighted by Crippen LogP contribution is 2.31. The molecule has 0 saturated carbocycles. The number of nitrogens with zero attached hydrogens (tertiary/aromatic N) is 2. The van der Waals surface area contributed by atoms with Crippen LogP contribution in [0.2, 0.25) is 0 Å². The van der Waals surface area contributed by atoms with Crippen molar-refractivity contribution >= 4 is 51.8 Å². The molecule has 3 atom stereocenters. The van der Waals surface area contributed by atoms with Crippen LogP contribution in [0.15, 0.2) is 101 Å². The number of methoxy groups -OCH3 is 1. The molecule has 10 heteroatoms. The number of benzene rings is 4. The number of rotatable bonds is 14. The molecule has 1 heterocycles. The van der Waals surface area contributed by atoms with Gasteiger partial charge in [-0.15, -0.1) is 0 Å². The molecule has 10 nitrogen and oxygen atoms in total. The molecule has 48 heavy (non-hydrogen) atoms. The lowest BCUT2D eigenvalue weighted by molar-refractivity contribution is -0.151. The lowest BCUT2D eigenvalue weighted by Gasteiger charge is -2.36. The van der Waals surface area contributed by atoms with Gasteiger partial charge in [0.15, 0.2) is 5.58 Å². The van der Waals surface area contributed by atoms with E-state index in [9.17, 15) is 29.4 Å². The van der Waals surface area contributed by atoms with Crippen LogP contribution < -0.4 is 0 Å². The SMILES string of the molecule is COC(=O)c1ccc([C@@H](C/C=C/c2nc3ccccc3o2)[C@@H](C)N(Cc2ccc3ccccc3c2)C(=O)C[C@H](CC(=O)O)C(=O)O)cc1. The first-order valence-corrected chi connectivity index (χ1v) is 15.5. The fourth-order valence-electron chi connectivity index (χ4n) is 5.87. The summed E-state index contributed by atoms with van der Waals surface area (Å²) < 4.78 is 10.7. The van der Waals surface area contributed by atoms with Crippen LogP contribution in [-0.4, -0.2) is 57.1 Å². The van der Waals surface area contributed by atoms with Crippen LogP contribution in [0.4, 0.5) is 0 Å². The molecular formula is C38H36N2O8. The standard InChI is InChI=1S/C38H36N2O8/c1-24(40(35(41)21-30(37(44)45)22-36(42)43)23-25-14-15-26-8-3-4-9-29(26)20-25)31(27-16-18-28(19-17-27)38(46)47-2)10-7-13-34-39-32-11-5-6-12-33(32)48-34/h3-9,11-20,24,30-31H,10,21-23H2,1-2H3,(H,42,43)(H,44,45)/b13-7+/t24-,30-,31+/m1/s1. The first kappa shape index (κ1) is 33.6. The van der Waals surface area contributed by atoms with E-state index in [2.05, 4.69) is 4.98 Å². The van der Waals surface area contributed by atoms with Crippen LogP contribution in [-0.2, 0) is 25.7 Å². The molecule has 0 aliphatic carbocycles. The van der Waals surface area contributed by atoms with Gasteiger partial charge < -0.3 is 24.3 Å². The van der Waals surface area contributed by atoms with Gasteiger partial charge in [-0.25, -0.2) is 9.78 Å². The summed E-state index contributed by atoms with van der Waals surface area (Å²) in [5, 5.41) is 21.1. The largest absolute Gasteiger partial charge is 0.481 e. The second-order valence-electron chi connectivity index (χ2n) is 11.7. The van der Waals surface area contributed by atoms with Crippen molar-refractivity contribution in [3.8, 4) is 0 Å². The lowest BCUT2D eigenvalue weighted by Crippen LogP contribution is -2.43. The number of amides is 1. The molecule has 5 aromatic rings. The van der Waals surface area contributed by atoms with Crippen LogP contribution in [0.25, 0.3) is 27.9 Å². The highest BCUT2D eigenvalue weighted by Gasteiger charge is 2.32. The zero-order chi connectivity index (χ0) is 34.2.